The van der Waals surface area contributed by atoms with Crippen molar-refractivity contribution in [1.82, 2.24) is 4.90 Å². The number of alkyl halides is 2. The van der Waals surface area contributed by atoms with Crippen LogP contribution in [0.5, 0.6) is 0 Å². The third kappa shape index (κ3) is 1.23. The van der Waals surface area contributed by atoms with Crippen LogP contribution in [0.3, 0.4) is 0 Å². The van der Waals surface area contributed by atoms with Gasteiger partial charge in [-0.15, -0.1) is 0 Å². The number of carboxylic acid groups (broad SMARTS) is 1. The predicted molar refractivity (Wildman–Crippen MR) is 62.2 cm³/mol. The number of rotatable bonds is 1. The van der Waals surface area contributed by atoms with Gasteiger partial charge in [0.05, 0.1) is 27.6 Å². The Labute approximate surface area is 111 Å². The minimum absolute atomic E-state index is 0.425. The predicted octanol–water partition coefficient (Wildman–Crippen LogP) is -0.700. The molecule has 2 aliphatic rings. The normalized spacial score (nSPS) is 39.1. The molecule has 3 atom stereocenters. The number of fused-ring (bicyclic) bond motifs is 1. The van der Waals surface area contributed by atoms with Crippen LogP contribution in [-0.2, 0) is 20.4 Å². The lowest BCUT2D eigenvalue weighted by atomic mass is 9.98. The van der Waals surface area contributed by atoms with E-state index in [2.05, 4.69) is 31.9 Å². The highest BCUT2D eigenvalue weighted by molar-refractivity contribution is 9.26. The fourth-order valence-electron chi connectivity index (χ4n) is 2.11. The summed E-state index contributed by atoms with van der Waals surface area (Å²) in [7, 11) is -1.47. The second kappa shape index (κ2) is 3.29. The molecular formula is C8H8Br2NO4S-. The van der Waals surface area contributed by atoms with Gasteiger partial charge in [0, 0.05) is 0 Å². The van der Waals surface area contributed by atoms with Gasteiger partial charge in [-0.2, -0.15) is 0 Å². The van der Waals surface area contributed by atoms with Crippen molar-refractivity contribution in [3.8, 4) is 0 Å². The van der Waals surface area contributed by atoms with Gasteiger partial charge >= 0.3 is 0 Å². The van der Waals surface area contributed by atoms with Crippen molar-refractivity contribution in [3.05, 3.63) is 0 Å². The van der Waals surface area contributed by atoms with Crippen molar-refractivity contribution >= 4 is 54.5 Å². The molecule has 5 nitrogen and oxygen atoms in total. The van der Waals surface area contributed by atoms with Gasteiger partial charge < -0.3 is 14.8 Å². The Morgan fingerprint density at radius 3 is 2.44 bits per heavy atom. The summed E-state index contributed by atoms with van der Waals surface area (Å²) in [6.07, 6.45) is 0. The summed E-state index contributed by atoms with van der Waals surface area (Å²) < 4.78 is 10.0. The Bertz CT molecular complexity index is 422. The average molecular weight is 374 g/mol. The van der Waals surface area contributed by atoms with E-state index >= 15 is 0 Å². The molecule has 0 bridgehead atoms. The SMILES string of the molecule is CC1(C)C(C(=O)[O-])N2C(=O)C(Br)(Br)C2S1=O. The summed E-state index contributed by atoms with van der Waals surface area (Å²) >= 11 is 6.25. The average Bonchev–Trinajstić information content (AvgIpc) is 2.33. The molecule has 2 fully saturated rings. The second-order valence-electron chi connectivity index (χ2n) is 4.31. The van der Waals surface area contributed by atoms with Crippen LogP contribution < -0.4 is 5.11 Å². The maximum absolute atomic E-state index is 12.1. The van der Waals surface area contributed by atoms with Crippen LogP contribution in [0.4, 0.5) is 0 Å². The van der Waals surface area contributed by atoms with Gasteiger partial charge in [0.1, 0.15) is 5.37 Å². The van der Waals surface area contributed by atoms with E-state index in [-0.39, 0.29) is 0 Å². The molecule has 0 aromatic carbocycles. The van der Waals surface area contributed by atoms with Gasteiger partial charge in [0.25, 0.3) is 5.91 Å². The minimum Gasteiger partial charge on any atom is -0.548 e. The first-order valence-electron chi connectivity index (χ1n) is 4.45. The lowest BCUT2D eigenvalue weighted by molar-refractivity contribution is -0.312. The summed E-state index contributed by atoms with van der Waals surface area (Å²) in [5.74, 6) is -1.80. The van der Waals surface area contributed by atoms with E-state index in [0.29, 0.717) is 0 Å². The second-order valence-corrected chi connectivity index (χ2v) is 9.97. The fraction of sp³-hybridized carbons (Fsp3) is 0.750. The van der Waals surface area contributed by atoms with Crippen molar-refractivity contribution in [2.45, 2.75) is 33.2 Å². The van der Waals surface area contributed by atoms with Gasteiger partial charge in [-0.25, -0.2) is 0 Å². The van der Waals surface area contributed by atoms with E-state index in [1.54, 1.807) is 13.8 Å². The molecule has 2 rings (SSSR count). The smallest absolute Gasteiger partial charge is 0.255 e. The molecule has 8 heteroatoms. The first-order valence-corrected chi connectivity index (χ1v) is 7.25. The van der Waals surface area contributed by atoms with Crippen LogP contribution in [0, 0.1) is 0 Å². The van der Waals surface area contributed by atoms with E-state index in [1.165, 1.54) is 0 Å². The lowest BCUT2D eigenvalue weighted by Gasteiger charge is -2.47. The Morgan fingerprint density at radius 2 is 2.00 bits per heavy atom. The maximum atomic E-state index is 12.1. The van der Waals surface area contributed by atoms with Crippen LogP contribution in [0.2, 0.25) is 0 Å². The molecule has 16 heavy (non-hydrogen) atoms. The molecule has 2 heterocycles. The first kappa shape index (κ1) is 12.5. The largest absolute Gasteiger partial charge is 0.548 e. The van der Waals surface area contributed by atoms with E-state index in [9.17, 15) is 18.9 Å². The molecule has 0 aromatic heterocycles. The Balaban J connectivity index is 2.50. The highest BCUT2D eigenvalue weighted by Gasteiger charge is 2.72. The molecular weight excluding hydrogens is 366 g/mol. The highest BCUT2D eigenvalue weighted by atomic mass is 79.9. The maximum Gasteiger partial charge on any atom is 0.255 e. The molecule has 2 saturated heterocycles. The number of halogens is 2. The highest BCUT2D eigenvalue weighted by Crippen LogP contribution is 2.54. The van der Waals surface area contributed by atoms with Gasteiger partial charge in [-0.3, -0.25) is 9.00 Å². The molecule has 90 valence electrons. The third-order valence-electron chi connectivity index (χ3n) is 2.96. The Hall–Kier alpha value is 0.0500. The number of hydrogen-bond acceptors (Lipinski definition) is 4. The van der Waals surface area contributed by atoms with Crippen molar-refractivity contribution in [3.63, 3.8) is 0 Å². The minimum atomic E-state index is -1.47. The molecule has 0 aliphatic carbocycles. The molecule has 0 aromatic rings. The van der Waals surface area contributed by atoms with Crippen molar-refractivity contribution in [2.75, 3.05) is 0 Å². The van der Waals surface area contributed by atoms with Crippen molar-refractivity contribution < 1.29 is 18.9 Å². The molecule has 2 aliphatic heterocycles. The molecule has 3 unspecified atom stereocenters. The number of hydrogen-bond donors (Lipinski definition) is 0. The number of carbonyl (C=O) groups excluding carboxylic acids is 2. The molecule has 0 N–H and O–H groups in total. The number of aliphatic carboxylic acids is 1. The monoisotopic (exact) mass is 372 g/mol. The van der Waals surface area contributed by atoms with Crippen molar-refractivity contribution in [1.29, 1.82) is 0 Å². The van der Waals surface area contributed by atoms with Crippen LogP contribution in [-0.4, -0.2) is 40.4 Å². The van der Waals surface area contributed by atoms with Gasteiger partial charge in [0.2, 0.25) is 0 Å². The van der Waals surface area contributed by atoms with Crippen LogP contribution in [0.15, 0.2) is 0 Å². The number of nitrogens with zero attached hydrogens (tertiary/aromatic N) is 1. The van der Waals surface area contributed by atoms with Crippen molar-refractivity contribution in [2.24, 2.45) is 0 Å². The zero-order valence-electron chi connectivity index (χ0n) is 8.40. The number of β-lactam (4-membered cyclic amide) rings is 1. The quantitative estimate of drug-likeness (QED) is 0.450. The third-order valence-corrected chi connectivity index (χ3v) is 7.36. The standard InChI is InChI=1S/C8H9Br2NO4S/c1-7(2)3(4(12)13)11-5(14)8(9,10)6(11)16(7)15/h3,6H,1-2H3,(H,12,13)/p-1. The summed E-state index contributed by atoms with van der Waals surface area (Å²) in [5.41, 5.74) is 0. The van der Waals surface area contributed by atoms with E-state index in [4.69, 9.17) is 0 Å². The summed E-state index contributed by atoms with van der Waals surface area (Å²) in [4.78, 5) is 23.9. The number of amides is 1. The first-order chi connectivity index (χ1) is 7.13. The summed E-state index contributed by atoms with van der Waals surface area (Å²) in [6, 6.07) is -1.14. The van der Waals surface area contributed by atoms with E-state index in [0.717, 1.165) is 4.90 Å². The molecule has 0 radical (unpaired) electrons. The van der Waals surface area contributed by atoms with E-state index in [1.807, 2.05) is 0 Å². The van der Waals surface area contributed by atoms with Gasteiger partial charge in [-0.1, -0.05) is 31.9 Å². The topological polar surface area (TPSA) is 77.5 Å². The Morgan fingerprint density at radius 1 is 1.50 bits per heavy atom. The van der Waals surface area contributed by atoms with Crippen LogP contribution in [0.1, 0.15) is 13.8 Å². The van der Waals surface area contributed by atoms with Gasteiger partial charge in [0.15, 0.2) is 3.23 Å². The molecule has 0 spiro atoms. The molecule has 1 amide bonds. The Kier molecular flexibility index (Phi) is 2.57. The number of carboxylic acids is 1. The zero-order chi connectivity index (χ0) is 12.5. The van der Waals surface area contributed by atoms with Crippen LogP contribution >= 0.6 is 31.9 Å². The van der Waals surface area contributed by atoms with Crippen LogP contribution in [0.25, 0.3) is 0 Å². The lowest BCUT2D eigenvalue weighted by Crippen LogP contribution is -2.70. The summed E-state index contributed by atoms with van der Waals surface area (Å²) in [6.45, 7) is 3.12. The zero-order valence-corrected chi connectivity index (χ0v) is 12.4. The van der Waals surface area contributed by atoms with E-state index < -0.39 is 42.1 Å². The fourth-order valence-corrected chi connectivity index (χ4v) is 5.78. The summed E-state index contributed by atoms with van der Waals surface area (Å²) in [5, 5.41) is 10.4. The van der Waals surface area contributed by atoms with Gasteiger partial charge in [-0.05, 0) is 13.8 Å². The molecule has 0 saturated carbocycles. The number of carbonyl (C=O) groups is 2.